The van der Waals surface area contributed by atoms with E-state index in [2.05, 4.69) is 4.98 Å². The number of benzene rings is 2. The van der Waals surface area contributed by atoms with Gasteiger partial charge in [0.25, 0.3) is 0 Å². The van der Waals surface area contributed by atoms with Gasteiger partial charge < -0.3 is 10.3 Å². The number of nitrogens with zero attached hydrogens (tertiary/aromatic N) is 2. The van der Waals surface area contributed by atoms with Crippen LogP contribution in [-0.2, 0) is 6.54 Å². The van der Waals surface area contributed by atoms with Gasteiger partial charge in [-0.05, 0) is 31.2 Å². The Hall–Kier alpha value is -2.36. The third-order valence-corrected chi connectivity index (χ3v) is 3.25. The van der Waals surface area contributed by atoms with Crippen molar-refractivity contribution >= 4 is 16.7 Å². The second kappa shape index (κ2) is 4.39. The summed E-state index contributed by atoms with van der Waals surface area (Å²) in [6, 6.07) is 12.4. The third kappa shape index (κ3) is 2.05. The maximum atomic E-state index is 13.7. The highest BCUT2D eigenvalue weighted by molar-refractivity contribution is 5.79. The number of aryl methyl sites for hydroxylation is 1. The van der Waals surface area contributed by atoms with E-state index in [9.17, 15) is 4.39 Å². The predicted molar refractivity (Wildman–Crippen MR) is 74.4 cm³/mol. The van der Waals surface area contributed by atoms with Gasteiger partial charge in [-0.25, -0.2) is 9.37 Å². The number of fused-ring (bicyclic) bond motifs is 1. The fraction of sp³-hybridized carbons (Fsp3) is 0.133. The molecule has 0 fully saturated rings. The first kappa shape index (κ1) is 11.7. The monoisotopic (exact) mass is 255 g/mol. The molecular formula is C15H14FN3. The highest BCUT2D eigenvalue weighted by atomic mass is 19.1. The van der Waals surface area contributed by atoms with Crippen LogP contribution in [0, 0.1) is 12.7 Å². The number of rotatable bonds is 2. The molecule has 3 rings (SSSR count). The summed E-state index contributed by atoms with van der Waals surface area (Å²) in [5, 5.41) is 0. The number of halogens is 1. The van der Waals surface area contributed by atoms with Crippen LogP contribution in [0.15, 0.2) is 42.5 Å². The lowest BCUT2D eigenvalue weighted by Crippen LogP contribution is -2.03. The number of nitrogen functional groups attached to an aromatic ring is 1. The van der Waals surface area contributed by atoms with Crippen molar-refractivity contribution in [1.82, 2.24) is 9.55 Å². The Morgan fingerprint density at radius 2 is 2.00 bits per heavy atom. The van der Waals surface area contributed by atoms with Gasteiger partial charge in [0, 0.05) is 11.3 Å². The third-order valence-electron chi connectivity index (χ3n) is 3.25. The van der Waals surface area contributed by atoms with Gasteiger partial charge in [-0.3, -0.25) is 0 Å². The van der Waals surface area contributed by atoms with Gasteiger partial charge >= 0.3 is 0 Å². The summed E-state index contributed by atoms with van der Waals surface area (Å²) in [5.74, 6) is 0.656. The fourth-order valence-electron chi connectivity index (χ4n) is 2.26. The molecule has 0 saturated heterocycles. The van der Waals surface area contributed by atoms with Crippen LogP contribution in [0.4, 0.5) is 10.1 Å². The van der Waals surface area contributed by atoms with Crippen LogP contribution < -0.4 is 5.73 Å². The zero-order valence-corrected chi connectivity index (χ0v) is 10.6. The molecule has 3 aromatic rings. The molecule has 0 atom stereocenters. The molecule has 19 heavy (non-hydrogen) atoms. The first-order chi connectivity index (χ1) is 9.15. The van der Waals surface area contributed by atoms with Crippen LogP contribution in [0.25, 0.3) is 11.0 Å². The number of imidazole rings is 1. The number of anilines is 1. The first-order valence-corrected chi connectivity index (χ1v) is 6.11. The number of aromatic nitrogens is 2. The molecule has 0 radical (unpaired) electrons. The Balaban J connectivity index is 2.10. The van der Waals surface area contributed by atoms with E-state index in [1.54, 1.807) is 12.1 Å². The van der Waals surface area contributed by atoms with Crippen molar-refractivity contribution in [3.63, 3.8) is 0 Å². The molecule has 0 aliphatic rings. The van der Waals surface area contributed by atoms with E-state index in [4.69, 9.17) is 5.73 Å². The molecule has 0 aliphatic heterocycles. The zero-order chi connectivity index (χ0) is 13.4. The highest BCUT2D eigenvalue weighted by Gasteiger charge is 2.09. The molecule has 4 heteroatoms. The normalized spacial score (nSPS) is 11.1. The molecule has 96 valence electrons. The van der Waals surface area contributed by atoms with Gasteiger partial charge in [-0.2, -0.15) is 0 Å². The van der Waals surface area contributed by atoms with Crippen molar-refractivity contribution in [2.75, 3.05) is 5.73 Å². The second-order valence-corrected chi connectivity index (χ2v) is 4.58. The summed E-state index contributed by atoms with van der Waals surface area (Å²) in [6.07, 6.45) is 0. The Morgan fingerprint density at radius 3 is 2.79 bits per heavy atom. The number of hydrogen-bond acceptors (Lipinski definition) is 2. The topological polar surface area (TPSA) is 43.8 Å². The molecule has 0 amide bonds. The SMILES string of the molecule is Cc1nc2cc(N)ccc2n1Cc1ccccc1F. The summed E-state index contributed by atoms with van der Waals surface area (Å²) in [5.41, 5.74) is 8.90. The average molecular weight is 255 g/mol. The van der Waals surface area contributed by atoms with Crippen LogP contribution in [0.2, 0.25) is 0 Å². The van der Waals surface area contributed by atoms with Crippen LogP contribution in [0.1, 0.15) is 11.4 Å². The molecule has 0 spiro atoms. The van der Waals surface area contributed by atoms with Crippen molar-refractivity contribution < 1.29 is 4.39 Å². The predicted octanol–water partition coefficient (Wildman–Crippen LogP) is 3.11. The van der Waals surface area contributed by atoms with E-state index in [1.165, 1.54) is 6.07 Å². The summed E-state index contributed by atoms with van der Waals surface area (Å²) >= 11 is 0. The van der Waals surface area contributed by atoms with Crippen LogP contribution in [-0.4, -0.2) is 9.55 Å². The molecule has 0 aliphatic carbocycles. The minimum atomic E-state index is -0.195. The molecule has 0 saturated carbocycles. The highest BCUT2D eigenvalue weighted by Crippen LogP contribution is 2.20. The standard InChI is InChI=1S/C15H14FN3/c1-10-18-14-8-12(17)6-7-15(14)19(10)9-11-4-2-3-5-13(11)16/h2-8H,9,17H2,1H3. The molecular weight excluding hydrogens is 241 g/mol. The van der Waals surface area contributed by atoms with E-state index in [-0.39, 0.29) is 5.82 Å². The van der Waals surface area contributed by atoms with E-state index < -0.39 is 0 Å². The first-order valence-electron chi connectivity index (χ1n) is 6.11. The van der Waals surface area contributed by atoms with Gasteiger partial charge in [0.05, 0.1) is 17.6 Å². The molecule has 0 bridgehead atoms. The van der Waals surface area contributed by atoms with Crippen LogP contribution >= 0.6 is 0 Å². The number of hydrogen-bond donors (Lipinski definition) is 1. The molecule has 2 aromatic carbocycles. The lowest BCUT2D eigenvalue weighted by molar-refractivity contribution is 0.599. The Kier molecular flexibility index (Phi) is 2.71. The van der Waals surface area contributed by atoms with Gasteiger partial charge in [0.15, 0.2) is 0 Å². The summed E-state index contributed by atoms with van der Waals surface area (Å²) in [4.78, 5) is 4.46. The Bertz CT molecular complexity index is 746. The van der Waals surface area contributed by atoms with E-state index >= 15 is 0 Å². The van der Waals surface area contributed by atoms with E-state index in [0.29, 0.717) is 17.8 Å². The average Bonchev–Trinajstić information content (AvgIpc) is 2.68. The largest absolute Gasteiger partial charge is 0.399 e. The molecule has 1 aromatic heterocycles. The minimum Gasteiger partial charge on any atom is -0.399 e. The van der Waals surface area contributed by atoms with Crippen molar-refractivity contribution in [3.8, 4) is 0 Å². The Labute approximate surface area is 110 Å². The zero-order valence-electron chi connectivity index (χ0n) is 10.6. The van der Waals surface area contributed by atoms with Crippen molar-refractivity contribution in [2.45, 2.75) is 13.5 Å². The van der Waals surface area contributed by atoms with Crippen molar-refractivity contribution in [2.24, 2.45) is 0 Å². The maximum Gasteiger partial charge on any atom is 0.128 e. The lowest BCUT2D eigenvalue weighted by atomic mass is 10.2. The van der Waals surface area contributed by atoms with E-state index in [1.807, 2.05) is 35.8 Å². The van der Waals surface area contributed by atoms with Crippen molar-refractivity contribution in [3.05, 3.63) is 59.7 Å². The molecule has 3 nitrogen and oxygen atoms in total. The molecule has 0 unspecified atom stereocenters. The summed E-state index contributed by atoms with van der Waals surface area (Å²) in [6.45, 7) is 2.38. The summed E-state index contributed by atoms with van der Waals surface area (Å²) < 4.78 is 15.7. The second-order valence-electron chi connectivity index (χ2n) is 4.58. The molecule has 2 N–H and O–H groups in total. The van der Waals surface area contributed by atoms with E-state index in [0.717, 1.165) is 16.9 Å². The van der Waals surface area contributed by atoms with Crippen LogP contribution in [0.3, 0.4) is 0 Å². The number of nitrogens with two attached hydrogens (primary N) is 1. The molecule has 1 heterocycles. The fourth-order valence-corrected chi connectivity index (χ4v) is 2.26. The van der Waals surface area contributed by atoms with Gasteiger partial charge in [-0.1, -0.05) is 18.2 Å². The minimum absolute atomic E-state index is 0.195. The quantitative estimate of drug-likeness (QED) is 0.715. The maximum absolute atomic E-state index is 13.7. The van der Waals surface area contributed by atoms with Crippen LogP contribution in [0.5, 0.6) is 0 Å². The smallest absolute Gasteiger partial charge is 0.128 e. The van der Waals surface area contributed by atoms with Gasteiger partial charge in [-0.15, -0.1) is 0 Å². The Morgan fingerprint density at radius 1 is 1.21 bits per heavy atom. The van der Waals surface area contributed by atoms with Crippen molar-refractivity contribution in [1.29, 1.82) is 0 Å². The van der Waals surface area contributed by atoms with Gasteiger partial charge in [0.2, 0.25) is 0 Å². The van der Waals surface area contributed by atoms with Gasteiger partial charge in [0.1, 0.15) is 11.6 Å². The summed E-state index contributed by atoms with van der Waals surface area (Å²) in [7, 11) is 0. The lowest BCUT2D eigenvalue weighted by Gasteiger charge is -2.08.